The van der Waals surface area contributed by atoms with Crippen molar-refractivity contribution in [3.05, 3.63) is 84.2 Å². The van der Waals surface area contributed by atoms with Crippen LogP contribution in [0.4, 0.5) is 18.9 Å². The lowest BCUT2D eigenvalue weighted by atomic mass is 10.0. The van der Waals surface area contributed by atoms with Crippen LogP contribution in [0.1, 0.15) is 0 Å². The van der Waals surface area contributed by atoms with Gasteiger partial charge in [0.2, 0.25) is 0 Å². The van der Waals surface area contributed by atoms with Crippen molar-refractivity contribution in [2.45, 2.75) is 0 Å². The van der Waals surface area contributed by atoms with Crippen LogP contribution in [0.2, 0.25) is 0 Å². The number of pyridine rings is 1. The normalized spacial score (nSPS) is 11.0. The summed E-state index contributed by atoms with van der Waals surface area (Å²) in [5.41, 5.74) is 3.86. The van der Waals surface area contributed by atoms with E-state index in [1.807, 2.05) is 31.1 Å². The summed E-state index contributed by atoms with van der Waals surface area (Å²) in [6, 6.07) is 17.1. The largest absolute Gasteiger partial charge is 0.377 e. The maximum absolute atomic E-state index is 14.2. The van der Waals surface area contributed by atoms with Crippen molar-refractivity contribution in [3.8, 4) is 22.4 Å². The Morgan fingerprint density at radius 3 is 2.25 bits per heavy atom. The molecule has 28 heavy (non-hydrogen) atoms. The molecule has 0 fully saturated rings. The van der Waals surface area contributed by atoms with Gasteiger partial charge in [-0.1, -0.05) is 18.2 Å². The quantitative estimate of drug-likeness (QED) is 0.431. The van der Waals surface area contributed by atoms with Gasteiger partial charge in [-0.05, 0) is 48.0 Å². The lowest BCUT2D eigenvalue weighted by Crippen LogP contribution is -2.10. The van der Waals surface area contributed by atoms with Crippen molar-refractivity contribution < 1.29 is 13.2 Å². The van der Waals surface area contributed by atoms with Gasteiger partial charge in [0, 0.05) is 42.4 Å². The average Bonchev–Trinajstić information content (AvgIpc) is 2.66. The monoisotopic (exact) mass is 378 g/mol. The third-order valence-corrected chi connectivity index (χ3v) is 4.63. The molecule has 0 N–H and O–H groups in total. The summed E-state index contributed by atoms with van der Waals surface area (Å²) < 4.78 is 41.1. The highest BCUT2D eigenvalue weighted by Crippen LogP contribution is 2.34. The molecule has 1 heterocycles. The predicted octanol–water partition coefficient (Wildman–Crippen LogP) is 6.05. The third kappa shape index (κ3) is 3.31. The minimum absolute atomic E-state index is 0.321. The molecule has 0 saturated carbocycles. The fourth-order valence-corrected chi connectivity index (χ4v) is 3.26. The van der Waals surface area contributed by atoms with Gasteiger partial charge in [-0.2, -0.15) is 0 Å². The standard InChI is InChI=1S/C23H17F3N2/c1-28(2)23-13-22(15-4-3-5-16(24)10-15)27-21-9-6-14(11-19(21)23)18-8-7-17(25)12-20(18)26/h3-13H,1-2H3. The number of nitrogens with zero attached hydrogens (tertiary/aromatic N) is 2. The van der Waals surface area contributed by atoms with Crippen molar-refractivity contribution in [2.24, 2.45) is 0 Å². The minimum atomic E-state index is -0.616. The van der Waals surface area contributed by atoms with Crippen molar-refractivity contribution in [3.63, 3.8) is 0 Å². The summed E-state index contributed by atoms with van der Waals surface area (Å²) in [6.45, 7) is 0. The van der Waals surface area contributed by atoms with E-state index in [1.165, 1.54) is 24.3 Å². The van der Waals surface area contributed by atoms with Crippen LogP contribution in [-0.4, -0.2) is 19.1 Å². The van der Waals surface area contributed by atoms with E-state index in [9.17, 15) is 13.2 Å². The van der Waals surface area contributed by atoms with Crippen LogP contribution in [0.25, 0.3) is 33.3 Å². The second kappa shape index (κ2) is 7.00. The van der Waals surface area contributed by atoms with Crippen LogP contribution >= 0.6 is 0 Å². The van der Waals surface area contributed by atoms with Gasteiger partial charge in [0.1, 0.15) is 17.5 Å². The number of hydrogen-bond donors (Lipinski definition) is 0. The number of halogens is 3. The molecule has 0 amide bonds. The Labute approximate surface area is 160 Å². The molecule has 0 aliphatic carbocycles. The first-order valence-corrected chi connectivity index (χ1v) is 8.76. The zero-order chi connectivity index (χ0) is 19.8. The van der Waals surface area contributed by atoms with Crippen LogP contribution in [0.3, 0.4) is 0 Å². The molecule has 0 saturated heterocycles. The number of anilines is 1. The molecule has 5 heteroatoms. The summed E-state index contributed by atoms with van der Waals surface area (Å²) in [5.74, 6) is -1.56. The van der Waals surface area contributed by atoms with Gasteiger partial charge in [0.25, 0.3) is 0 Å². The minimum Gasteiger partial charge on any atom is -0.377 e. The molecule has 0 radical (unpaired) electrons. The predicted molar refractivity (Wildman–Crippen MR) is 107 cm³/mol. The van der Waals surface area contributed by atoms with Crippen molar-refractivity contribution in [1.82, 2.24) is 4.98 Å². The molecule has 4 aromatic rings. The molecule has 3 aromatic carbocycles. The summed E-state index contributed by atoms with van der Waals surface area (Å²) >= 11 is 0. The Balaban J connectivity index is 1.92. The van der Waals surface area contributed by atoms with E-state index >= 15 is 0 Å². The van der Waals surface area contributed by atoms with E-state index in [0.29, 0.717) is 27.9 Å². The van der Waals surface area contributed by atoms with Gasteiger partial charge in [0.05, 0.1) is 11.2 Å². The molecule has 2 nitrogen and oxygen atoms in total. The Kier molecular flexibility index (Phi) is 4.51. The summed E-state index contributed by atoms with van der Waals surface area (Å²) in [6.07, 6.45) is 0. The molecule has 4 rings (SSSR count). The zero-order valence-corrected chi connectivity index (χ0v) is 15.4. The van der Waals surface area contributed by atoms with Gasteiger partial charge in [-0.15, -0.1) is 0 Å². The molecule has 0 bridgehead atoms. The first kappa shape index (κ1) is 18.0. The summed E-state index contributed by atoms with van der Waals surface area (Å²) in [7, 11) is 3.80. The fraction of sp³-hybridized carbons (Fsp3) is 0.0870. The molecule has 140 valence electrons. The smallest absolute Gasteiger partial charge is 0.133 e. The van der Waals surface area contributed by atoms with Crippen molar-refractivity contribution in [1.29, 1.82) is 0 Å². The van der Waals surface area contributed by atoms with Gasteiger partial charge in [-0.25, -0.2) is 18.2 Å². The van der Waals surface area contributed by atoms with Crippen LogP contribution in [0.15, 0.2) is 66.7 Å². The SMILES string of the molecule is CN(C)c1cc(-c2cccc(F)c2)nc2ccc(-c3ccc(F)cc3F)cc12. The van der Waals surface area contributed by atoms with Gasteiger partial charge >= 0.3 is 0 Å². The van der Waals surface area contributed by atoms with Crippen LogP contribution in [-0.2, 0) is 0 Å². The highest BCUT2D eigenvalue weighted by atomic mass is 19.1. The number of rotatable bonds is 3. The molecular weight excluding hydrogens is 361 g/mol. The number of hydrogen-bond acceptors (Lipinski definition) is 2. The van der Waals surface area contributed by atoms with E-state index in [2.05, 4.69) is 4.98 Å². The van der Waals surface area contributed by atoms with Crippen LogP contribution in [0, 0.1) is 17.5 Å². The Bertz CT molecular complexity index is 1190. The van der Waals surface area contributed by atoms with Crippen molar-refractivity contribution >= 4 is 16.6 Å². The Hall–Kier alpha value is -3.34. The van der Waals surface area contributed by atoms with E-state index in [-0.39, 0.29) is 5.82 Å². The van der Waals surface area contributed by atoms with Crippen LogP contribution in [0.5, 0.6) is 0 Å². The first-order valence-electron chi connectivity index (χ1n) is 8.76. The van der Waals surface area contributed by atoms with E-state index in [4.69, 9.17) is 0 Å². The van der Waals surface area contributed by atoms with E-state index in [0.717, 1.165) is 17.1 Å². The van der Waals surface area contributed by atoms with Gasteiger partial charge < -0.3 is 4.90 Å². The fourth-order valence-electron chi connectivity index (χ4n) is 3.26. The average molecular weight is 378 g/mol. The highest BCUT2D eigenvalue weighted by Gasteiger charge is 2.13. The molecule has 0 unspecified atom stereocenters. The topological polar surface area (TPSA) is 16.1 Å². The van der Waals surface area contributed by atoms with Gasteiger partial charge in [0.15, 0.2) is 0 Å². The molecule has 0 aliphatic heterocycles. The lowest BCUT2D eigenvalue weighted by Gasteiger charge is -2.18. The Morgan fingerprint density at radius 1 is 0.750 bits per heavy atom. The summed E-state index contributed by atoms with van der Waals surface area (Å²) in [4.78, 5) is 6.58. The number of fused-ring (bicyclic) bond motifs is 1. The van der Waals surface area contributed by atoms with Crippen molar-refractivity contribution in [2.75, 3.05) is 19.0 Å². The summed E-state index contributed by atoms with van der Waals surface area (Å²) in [5, 5.41) is 0.825. The van der Waals surface area contributed by atoms with E-state index in [1.54, 1.807) is 24.3 Å². The number of benzene rings is 3. The molecular formula is C23H17F3N2. The maximum atomic E-state index is 14.2. The van der Waals surface area contributed by atoms with Crippen LogP contribution < -0.4 is 4.90 Å². The zero-order valence-electron chi connectivity index (χ0n) is 15.4. The lowest BCUT2D eigenvalue weighted by molar-refractivity contribution is 0.585. The second-order valence-corrected chi connectivity index (χ2v) is 6.79. The highest BCUT2D eigenvalue weighted by molar-refractivity contribution is 5.96. The van der Waals surface area contributed by atoms with Gasteiger partial charge in [-0.3, -0.25) is 0 Å². The number of aromatic nitrogens is 1. The molecule has 0 atom stereocenters. The molecule has 0 aliphatic rings. The molecule has 1 aromatic heterocycles. The first-order chi connectivity index (χ1) is 13.4. The second-order valence-electron chi connectivity index (χ2n) is 6.79. The maximum Gasteiger partial charge on any atom is 0.133 e. The Morgan fingerprint density at radius 2 is 1.54 bits per heavy atom. The van der Waals surface area contributed by atoms with E-state index < -0.39 is 11.6 Å². The molecule has 0 spiro atoms. The third-order valence-electron chi connectivity index (χ3n) is 4.63.